The molecule has 0 saturated carbocycles. The normalized spacial score (nSPS) is 15.7. The number of aromatic amines is 1. The van der Waals surface area contributed by atoms with Gasteiger partial charge < -0.3 is 4.90 Å². The molecular formula is C22H26N4O2. The molecule has 2 aromatic heterocycles. The van der Waals surface area contributed by atoms with Crippen molar-refractivity contribution in [3.8, 4) is 0 Å². The van der Waals surface area contributed by atoms with Gasteiger partial charge in [0.1, 0.15) is 0 Å². The predicted molar refractivity (Wildman–Crippen MR) is 111 cm³/mol. The van der Waals surface area contributed by atoms with Gasteiger partial charge in [0, 0.05) is 25.0 Å². The monoisotopic (exact) mass is 378 g/mol. The average Bonchev–Trinajstić information content (AvgIpc) is 2.92. The van der Waals surface area contributed by atoms with Gasteiger partial charge in [0.25, 0.3) is 5.56 Å². The van der Waals surface area contributed by atoms with Crippen molar-refractivity contribution >= 4 is 22.6 Å². The van der Waals surface area contributed by atoms with Gasteiger partial charge in [-0.1, -0.05) is 32.0 Å². The van der Waals surface area contributed by atoms with Crippen LogP contribution in [0.1, 0.15) is 42.7 Å². The highest BCUT2D eigenvalue weighted by Gasteiger charge is 2.33. The Morgan fingerprint density at radius 2 is 1.96 bits per heavy atom. The summed E-state index contributed by atoms with van der Waals surface area (Å²) in [5.41, 5.74) is 5.18. The van der Waals surface area contributed by atoms with Crippen LogP contribution in [0.25, 0.3) is 11.0 Å². The van der Waals surface area contributed by atoms with Gasteiger partial charge in [0.2, 0.25) is 5.91 Å². The fourth-order valence-electron chi connectivity index (χ4n) is 4.34. The van der Waals surface area contributed by atoms with Gasteiger partial charge >= 0.3 is 0 Å². The molecule has 0 spiro atoms. The van der Waals surface area contributed by atoms with Gasteiger partial charge in [-0.25, -0.2) is 4.98 Å². The molecule has 3 aromatic rings. The van der Waals surface area contributed by atoms with E-state index in [0.717, 1.165) is 28.9 Å². The summed E-state index contributed by atoms with van der Waals surface area (Å²) in [6.45, 7) is 8.95. The van der Waals surface area contributed by atoms with Crippen molar-refractivity contribution in [1.29, 1.82) is 0 Å². The topological polar surface area (TPSA) is 71.0 Å². The number of H-pyrrole nitrogens is 1. The summed E-state index contributed by atoms with van der Waals surface area (Å²) in [5.74, 6) is 0.0441. The van der Waals surface area contributed by atoms with Gasteiger partial charge in [-0.15, -0.1) is 0 Å². The molecule has 6 nitrogen and oxygen atoms in total. The number of fused-ring (bicyclic) bond motifs is 2. The van der Waals surface area contributed by atoms with Crippen LogP contribution < -0.4 is 10.5 Å². The molecule has 0 unspecified atom stereocenters. The lowest BCUT2D eigenvalue weighted by Crippen LogP contribution is -2.41. The molecule has 146 valence electrons. The molecule has 3 heterocycles. The summed E-state index contributed by atoms with van der Waals surface area (Å²) in [5, 5.41) is 3.32. The SMILES string of the molecule is Cc1nc2c(c(C)c1CC(=O)N1CCC(C)(C)c3ccccc31)c(=O)[nH]n2C. The van der Waals surface area contributed by atoms with Crippen molar-refractivity contribution < 1.29 is 4.79 Å². The number of nitrogens with zero attached hydrogens (tertiary/aromatic N) is 3. The Bertz CT molecular complexity index is 1150. The summed E-state index contributed by atoms with van der Waals surface area (Å²) >= 11 is 0. The number of para-hydroxylation sites is 1. The Morgan fingerprint density at radius 3 is 2.71 bits per heavy atom. The Kier molecular flexibility index (Phi) is 4.17. The van der Waals surface area contributed by atoms with E-state index < -0.39 is 0 Å². The van der Waals surface area contributed by atoms with Crippen molar-refractivity contribution in [1.82, 2.24) is 14.8 Å². The van der Waals surface area contributed by atoms with Crippen LogP contribution in [0, 0.1) is 13.8 Å². The largest absolute Gasteiger partial charge is 0.312 e. The summed E-state index contributed by atoms with van der Waals surface area (Å²) in [6, 6.07) is 8.15. The Labute approximate surface area is 164 Å². The quantitative estimate of drug-likeness (QED) is 0.745. The zero-order chi connectivity index (χ0) is 20.2. The summed E-state index contributed by atoms with van der Waals surface area (Å²) in [4.78, 5) is 32.0. The molecule has 28 heavy (non-hydrogen) atoms. The van der Waals surface area contributed by atoms with E-state index in [1.807, 2.05) is 36.9 Å². The molecule has 0 bridgehead atoms. The molecule has 0 fully saturated rings. The predicted octanol–water partition coefficient (Wildman–Crippen LogP) is 3.14. The lowest BCUT2D eigenvalue weighted by Gasteiger charge is -2.39. The second-order valence-electron chi connectivity index (χ2n) is 8.37. The summed E-state index contributed by atoms with van der Waals surface area (Å²) < 4.78 is 1.63. The van der Waals surface area contributed by atoms with Crippen molar-refractivity contribution in [2.24, 2.45) is 7.05 Å². The molecular weight excluding hydrogens is 352 g/mol. The lowest BCUT2D eigenvalue weighted by atomic mass is 9.77. The fourth-order valence-corrected chi connectivity index (χ4v) is 4.34. The first-order chi connectivity index (χ1) is 13.2. The number of hydrogen-bond donors (Lipinski definition) is 1. The van der Waals surface area contributed by atoms with Gasteiger partial charge in [-0.05, 0) is 48.4 Å². The second kappa shape index (κ2) is 6.33. The first kappa shape index (κ1) is 18.5. The Balaban J connectivity index is 1.74. The smallest absolute Gasteiger partial charge is 0.273 e. The molecule has 1 aliphatic rings. The molecule has 0 saturated heterocycles. The lowest BCUT2D eigenvalue weighted by molar-refractivity contribution is -0.118. The first-order valence-corrected chi connectivity index (χ1v) is 9.65. The van der Waals surface area contributed by atoms with E-state index in [1.54, 1.807) is 11.7 Å². The third-order valence-corrected chi connectivity index (χ3v) is 6.09. The molecule has 1 N–H and O–H groups in total. The van der Waals surface area contributed by atoms with Crippen molar-refractivity contribution in [2.45, 2.75) is 46.0 Å². The minimum atomic E-state index is -0.165. The van der Waals surface area contributed by atoms with Gasteiger partial charge in [0.05, 0.1) is 11.8 Å². The number of pyridine rings is 1. The van der Waals surface area contributed by atoms with E-state index in [1.165, 1.54) is 5.56 Å². The third-order valence-electron chi connectivity index (χ3n) is 6.09. The van der Waals surface area contributed by atoms with E-state index in [4.69, 9.17) is 0 Å². The van der Waals surface area contributed by atoms with E-state index in [9.17, 15) is 9.59 Å². The molecule has 0 radical (unpaired) electrons. The molecule has 4 rings (SSSR count). The molecule has 1 amide bonds. The number of carbonyl (C=O) groups is 1. The molecule has 6 heteroatoms. The van der Waals surface area contributed by atoms with E-state index >= 15 is 0 Å². The van der Waals surface area contributed by atoms with E-state index in [-0.39, 0.29) is 23.3 Å². The standard InChI is InChI=1S/C22H26N4O2/c1-13-15(14(2)23-20-19(13)21(28)24-25(20)5)12-18(27)26-11-10-22(3,4)16-8-6-7-9-17(16)26/h6-9H,10-12H2,1-5H3,(H,24,28). The summed E-state index contributed by atoms with van der Waals surface area (Å²) in [7, 11) is 1.77. The number of carbonyl (C=O) groups excluding carboxylic acids is 1. The van der Waals surface area contributed by atoms with Crippen LogP contribution >= 0.6 is 0 Å². The van der Waals surface area contributed by atoms with E-state index in [2.05, 4.69) is 30.0 Å². The van der Waals surface area contributed by atoms with Crippen LogP contribution in [0.15, 0.2) is 29.1 Å². The molecule has 0 atom stereocenters. The highest BCUT2D eigenvalue weighted by Crippen LogP contribution is 2.39. The summed E-state index contributed by atoms with van der Waals surface area (Å²) in [6.07, 6.45) is 1.16. The maximum atomic E-state index is 13.3. The van der Waals surface area contributed by atoms with Crippen LogP contribution in [0.3, 0.4) is 0 Å². The first-order valence-electron chi connectivity index (χ1n) is 9.65. The highest BCUT2D eigenvalue weighted by atomic mass is 16.2. The van der Waals surface area contributed by atoms with Crippen LogP contribution in [-0.4, -0.2) is 27.2 Å². The van der Waals surface area contributed by atoms with Crippen LogP contribution in [0.2, 0.25) is 0 Å². The fraction of sp³-hybridized carbons (Fsp3) is 0.409. The number of amides is 1. The number of aromatic nitrogens is 3. The van der Waals surface area contributed by atoms with Crippen LogP contribution in [0.4, 0.5) is 5.69 Å². The maximum absolute atomic E-state index is 13.3. The van der Waals surface area contributed by atoms with Gasteiger partial charge in [0.15, 0.2) is 5.65 Å². The van der Waals surface area contributed by atoms with Crippen LogP contribution in [-0.2, 0) is 23.7 Å². The molecule has 0 aliphatic carbocycles. The number of hydrogen-bond acceptors (Lipinski definition) is 3. The number of rotatable bonds is 2. The average molecular weight is 378 g/mol. The van der Waals surface area contributed by atoms with Crippen molar-refractivity contribution in [2.75, 3.05) is 11.4 Å². The molecule has 1 aliphatic heterocycles. The zero-order valence-corrected chi connectivity index (χ0v) is 17.1. The number of nitrogens with one attached hydrogen (secondary N) is 1. The molecule has 1 aromatic carbocycles. The third kappa shape index (κ3) is 2.75. The zero-order valence-electron chi connectivity index (χ0n) is 17.1. The van der Waals surface area contributed by atoms with Gasteiger partial charge in [-0.2, -0.15) is 0 Å². The number of aryl methyl sites for hydroxylation is 3. The van der Waals surface area contributed by atoms with Gasteiger partial charge in [-0.3, -0.25) is 19.4 Å². The van der Waals surface area contributed by atoms with Crippen molar-refractivity contribution in [3.63, 3.8) is 0 Å². The van der Waals surface area contributed by atoms with Crippen molar-refractivity contribution in [3.05, 3.63) is 57.0 Å². The Hall–Kier alpha value is -2.89. The minimum Gasteiger partial charge on any atom is -0.312 e. The number of anilines is 1. The second-order valence-corrected chi connectivity index (χ2v) is 8.37. The number of benzene rings is 1. The van der Waals surface area contributed by atoms with E-state index in [0.29, 0.717) is 17.6 Å². The minimum absolute atomic E-state index is 0.0441. The maximum Gasteiger partial charge on any atom is 0.273 e. The Morgan fingerprint density at radius 1 is 1.25 bits per heavy atom. The highest BCUT2D eigenvalue weighted by molar-refractivity contribution is 5.97. The van der Waals surface area contributed by atoms with Crippen LogP contribution in [0.5, 0.6) is 0 Å².